The van der Waals surface area contributed by atoms with Gasteiger partial charge in [0, 0.05) is 6.54 Å². The Hall–Kier alpha value is -0.0800. The van der Waals surface area contributed by atoms with E-state index in [9.17, 15) is 0 Å². The monoisotopic (exact) mass is 242 g/mol. The third-order valence-corrected chi connectivity index (χ3v) is 3.56. The fourth-order valence-corrected chi connectivity index (χ4v) is 2.11. The van der Waals surface area contributed by atoms with Crippen molar-refractivity contribution in [2.75, 3.05) is 26.7 Å². The Balaban J connectivity index is 3.90. The summed E-state index contributed by atoms with van der Waals surface area (Å²) in [5.41, 5.74) is 0.468. The van der Waals surface area contributed by atoms with Crippen molar-refractivity contribution >= 4 is 0 Å². The highest BCUT2D eigenvalue weighted by molar-refractivity contribution is 4.77. The van der Waals surface area contributed by atoms with Crippen molar-refractivity contribution in [2.45, 2.75) is 59.8 Å². The van der Waals surface area contributed by atoms with E-state index >= 15 is 0 Å². The van der Waals surface area contributed by atoms with Gasteiger partial charge < -0.3 is 10.6 Å². The summed E-state index contributed by atoms with van der Waals surface area (Å²) < 4.78 is 0. The van der Waals surface area contributed by atoms with Crippen LogP contribution in [0.1, 0.15) is 59.8 Å². The standard InChI is InChI=1S/C15H34N2/c1-6-7-9-15(4,10-12-16-5)13-17-11-8-14(2)3/h14,16-17H,6-13H2,1-5H3. The number of hydrogen-bond acceptors (Lipinski definition) is 2. The minimum atomic E-state index is 0.468. The van der Waals surface area contributed by atoms with Crippen molar-refractivity contribution in [3.63, 3.8) is 0 Å². The van der Waals surface area contributed by atoms with Crippen LogP contribution in [-0.2, 0) is 0 Å². The predicted octanol–water partition coefficient (Wildman–Crippen LogP) is 3.43. The first-order valence-corrected chi connectivity index (χ1v) is 7.39. The molecule has 2 nitrogen and oxygen atoms in total. The van der Waals surface area contributed by atoms with E-state index < -0.39 is 0 Å². The van der Waals surface area contributed by atoms with E-state index in [-0.39, 0.29) is 0 Å². The van der Waals surface area contributed by atoms with E-state index in [0.717, 1.165) is 12.5 Å². The molecule has 0 aromatic heterocycles. The maximum atomic E-state index is 3.65. The molecule has 0 radical (unpaired) electrons. The first-order chi connectivity index (χ1) is 8.04. The minimum absolute atomic E-state index is 0.468. The van der Waals surface area contributed by atoms with Gasteiger partial charge in [0.05, 0.1) is 0 Å². The molecule has 0 saturated heterocycles. The van der Waals surface area contributed by atoms with Gasteiger partial charge >= 0.3 is 0 Å². The third-order valence-electron chi connectivity index (χ3n) is 3.56. The maximum absolute atomic E-state index is 3.65. The van der Waals surface area contributed by atoms with E-state index in [1.807, 2.05) is 7.05 Å². The first-order valence-electron chi connectivity index (χ1n) is 7.39. The molecule has 1 atom stereocenters. The van der Waals surface area contributed by atoms with E-state index in [2.05, 4.69) is 38.3 Å². The van der Waals surface area contributed by atoms with E-state index in [1.54, 1.807) is 0 Å². The molecule has 0 rings (SSSR count). The van der Waals surface area contributed by atoms with Crippen LogP contribution in [0.25, 0.3) is 0 Å². The smallest absolute Gasteiger partial charge is 0.000564 e. The number of nitrogens with one attached hydrogen (secondary N) is 2. The molecule has 0 saturated carbocycles. The van der Waals surface area contributed by atoms with Gasteiger partial charge in [-0.15, -0.1) is 0 Å². The van der Waals surface area contributed by atoms with Crippen LogP contribution in [-0.4, -0.2) is 26.7 Å². The molecule has 104 valence electrons. The molecule has 0 heterocycles. The summed E-state index contributed by atoms with van der Waals surface area (Å²) >= 11 is 0. The fraction of sp³-hybridized carbons (Fsp3) is 1.00. The lowest BCUT2D eigenvalue weighted by atomic mass is 9.81. The summed E-state index contributed by atoms with van der Waals surface area (Å²) in [5.74, 6) is 0.807. The zero-order valence-corrected chi connectivity index (χ0v) is 12.7. The molecule has 0 aliphatic heterocycles. The summed E-state index contributed by atoms with van der Waals surface area (Å²) in [6, 6.07) is 0. The number of hydrogen-bond donors (Lipinski definition) is 2. The lowest BCUT2D eigenvalue weighted by molar-refractivity contribution is 0.248. The molecule has 0 spiro atoms. The molecule has 0 aromatic carbocycles. The molecule has 0 aromatic rings. The second-order valence-electron chi connectivity index (χ2n) is 6.13. The van der Waals surface area contributed by atoms with Gasteiger partial charge in [0.15, 0.2) is 0 Å². The molecule has 0 bridgehead atoms. The van der Waals surface area contributed by atoms with Crippen LogP contribution in [0, 0.1) is 11.3 Å². The summed E-state index contributed by atoms with van der Waals surface area (Å²) in [6.45, 7) is 12.8. The van der Waals surface area contributed by atoms with Crippen molar-refractivity contribution in [3.8, 4) is 0 Å². The fourth-order valence-electron chi connectivity index (χ4n) is 2.11. The average Bonchev–Trinajstić information content (AvgIpc) is 2.30. The molecule has 0 fully saturated rings. The van der Waals surface area contributed by atoms with Crippen molar-refractivity contribution in [3.05, 3.63) is 0 Å². The Labute approximate surface area is 109 Å². The second kappa shape index (κ2) is 9.90. The molecule has 2 heteroatoms. The van der Waals surface area contributed by atoms with Gasteiger partial charge in [-0.1, -0.05) is 40.5 Å². The van der Waals surface area contributed by atoms with Crippen molar-refractivity contribution in [2.24, 2.45) is 11.3 Å². The molecule has 0 aliphatic carbocycles. The zero-order chi connectivity index (χ0) is 13.1. The Kier molecular flexibility index (Phi) is 9.85. The Morgan fingerprint density at radius 1 is 1.12 bits per heavy atom. The SMILES string of the molecule is CCCCC(C)(CCNC)CNCCC(C)C. The van der Waals surface area contributed by atoms with Crippen LogP contribution in [0.15, 0.2) is 0 Å². The highest BCUT2D eigenvalue weighted by Crippen LogP contribution is 2.27. The maximum Gasteiger partial charge on any atom is 0.000564 e. The van der Waals surface area contributed by atoms with E-state index in [1.165, 1.54) is 45.2 Å². The quantitative estimate of drug-likeness (QED) is 0.542. The molecule has 1 unspecified atom stereocenters. The van der Waals surface area contributed by atoms with Crippen LogP contribution in [0.2, 0.25) is 0 Å². The highest BCUT2D eigenvalue weighted by Gasteiger charge is 2.22. The van der Waals surface area contributed by atoms with Gasteiger partial charge in [-0.25, -0.2) is 0 Å². The average molecular weight is 242 g/mol. The van der Waals surface area contributed by atoms with Gasteiger partial charge in [-0.3, -0.25) is 0 Å². The highest BCUT2D eigenvalue weighted by atomic mass is 14.9. The van der Waals surface area contributed by atoms with Gasteiger partial charge in [-0.2, -0.15) is 0 Å². The Bertz CT molecular complexity index is 158. The molecule has 17 heavy (non-hydrogen) atoms. The van der Waals surface area contributed by atoms with Crippen molar-refractivity contribution in [1.29, 1.82) is 0 Å². The largest absolute Gasteiger partial charge is 0.320 e. The summed E-state index contributed by atoms with van der Waals surface area (Å²) in [6.07, 6.45) is 6.57. The lowest BCUT2D eigenvalue weighted by Gasteiger charge is -2.30. The molecule has 0 aliphatic rings. The molecule has 2 N–H and O–H groups in total. The van der Waals surface area contributed by atoms with Crippen molar-refractivity contribution < 1.29 is 0 Å². The van der Waals surface area contributed by atoms with E-state index in [0.29, 0.717) is 5.41 Å². The summed E-state index contributed by atoms with van der Waals surface area (Å²) in [5, 5.41) is 6.93. The molecular weight excluding hydrogens is 208 g/mol. The summed E-state index contributed by atoms with van der Waals surface area (Å²) in [7, 11) is 2.05. The van der Waals surface area contributed by atoms with Crippen LogP contribution < -0.4 is 10.6 Å². The Morgan fingerprint density at radius 3 is 2.35 bits per heavy atom. The van der Waals surface area contributed by atoms with Gasteiger partial charge in [0.25, 0.3) is 0 Å². The van der Waals surface area contributed by atoms with Crippen LogP contribution in [0.5, 0.6) is 0 Å². The van der Waals surface area contributed by atoms with Gasteiger partial charge in [-0.05, 0) is 50.7 Å². The number of rotatable bonds is 11. The normalized spacial score (nSPS) is 15.2. The van der Waals surface area contributed by atoms with Crippen LogP contribution in [0.3, 0.4) is 0 Å². The minimum Gasteiger partial charge on any atom is -0.320 e. The van der Waals surface area contributed by atoms with Gasteiger partial charge in [0.1, 0.15) is 0 Å². The van der Waals surface area contributed by atoms with Crippen LogP contribution >= 0.6 is 0 Å². The summed E-state index contributed by atoms with van der Waals surface area (Å²) in [4.78, 5) is 0. The topological polar surface area (TPSA) is 24.1 Å². The van der Waals surface area contributed by atoms with Crippen molar-refractivity contribution in [1.82, 2.24) is 10.6 Å². The van der Waals surface area contributed by atoms with Gasteiger partial charge in [0.2, 0.25) is 0 Å². The van der Waals surface area contributed by atoms with Crippen LogP contribution in [0.4, 0.5) is 0 Å². The molecular formula is C15H34N2. The molecule has 0 amide bonds. The third kappa shape index (κ3) is 9.61. The number of unbranched alkanes of at least 4 members (excludes halogenated alkanes) is 1. The first kappa shape index (κ1) is 16.9. The Morgan fingerprint density at radius 2 is 1.82 bits per heavy atom. The predicted molar refractivity (Wildman–Crippen MR) is 78.5 cm³/mol. The van der Waals surface area contributed by atoms with E-state index in [4.69, 9.17) is 0 Å². The second-order valence-corrected chi connectivity index (χ2v) is 6.13. The zero-order valence-electron chi connectivity index (χ0n) is 12.7. The lowest BCUT2D eigenvalue weighted by Crippen LogP contribution is -2.35.